The van der Waals surface area contributed by atoms with Gasteiger partial charge in [-0.3, -0.25) is 4.31 Å². The van der Waals surface area contributed by atoms with Gasteiger partial charge in [0.2, 0.25) is 0 Å². The van der Waals surface area contributed by atoms with Crippen LogP contribution in [0.2, 0.25) is 0 Å². The van der Waals surface area contributed by atoms with Gasteiger partial charge in [0.25, 0.3) is 10.0 Å². The molecule has 1 aliphatic rings. The maximum atomic E-state index is 13.4. The van der Waals surface area contributed by atoms with Gasteiger partial charge in [0, 0.05) is 16.8 Å². The maximum Gasteiger partial charge on any atom is 0.309 e. The largest absolute Gasteiger partial charge is 0.309 e. The van der Waals surface area contributed by atoms with Gasteiger partial charge in [-0.05, 0) is 48.2 Å². The van der Waals surface area contributed by atoms with Gasteiger partial charge in [-0.1, -0.05) is 31.5 Å². The molecule has 1 N–H and O–H groups in total. The van der Waals surface area contributed by atoms with Crippen LogP contribution in [-0.2, 0) is 25.6 Å². The lowest BCUT2D eigenvalue weighted by molar-refractivity contribution is 0.306. The minimum absolute atomic E-state index is 0.190. The highest BCUT2D eigenvalue weighted by atomic mass is 32.2. The number of nitrogens with zero attached hydrogens (tertiary/aromatic N) is 2. The van der Waals surface area contributed by atoms with Crippen LogP contribution in [0.5, 0.6) is 0 Å². The molecule has 1 aromatic heterocycles. The van der Waals surface area contributed by atoms with Gasteiger partial charge >= 0.3 is 11.3 Å². The number of unbranched alkanes of at least 4 members (excludes halogenated alkanes) is 1. The van der Waals surface area contributed by atoms with E-state index in [9.17, 15) is 12.6 Å². The van der Waals surface area contributed by atoms with Crippen molar-refractivity contribution in [1.29, 1.82) is 0 Å². The number of sulfonamides is 1. The minimum Gasteiger partial charge on any atom is -0.257 e. The predicted molar refractivity (Wildman–Crippen MR) is 117 cm³/mol. The highest BCUT2D eigenvalue weighted by Crippen LogP contribution is 2.35. The quantitative estimate of drug-likeness (QED) is 0.593. The zero-order chi connectivity index (χ0) is 20.4. The monoisotopic (exact) mass is 449 g/mol. The lowest BCUT2D eigenvalue weighted by Crippen LogP contribution is -2.31. The first kappa shape index (κ1) is 20.0. The summed E-state index contributed by atoms with van der Waals surface area (Å²) in [7, 11) is -3.73. The van der Waals surface area contributed by atoms with Crippen molar-refractivity contribution in [3.05, 3.63) is 60.2 Å². The van der Waals surface area contributed by atoms with Crippen molar-refractivity contribution in [1.82, 2.24) is 5.48 Å². The number of rotatable bonds is 7. The summed E-state index contributed by atoms with van der Waals surface area (Å²) in [6, 6.07) is 16.1. The molecule has 0 saturated carbocycles. The van der Waals surface area contributed by atoms with Crippen LogP contribution >= 0.6 is 11.3 Å². The van der Waals surface area contributed by atoms with Crippen LogP contribution in [0.15, 0.2) is 63.9 Å². The van der Waals surface area contributed by atoms with Crippen LogP contribution in [0.3, 0.4) is 0 Å². The molecule has 0 bridgehead atoms. The summed E-state index contributed by atoms with van der Waals surface area (Å²) < 4.78 is 49.0. The number of amidine groups is 1. The van der Waals surface area contributed by atoms with E-state index in [0.717, 1.165) is 22.9 Å². The number of benzene rings is 2. The van der Waals surface area contributed by atoms with E-state index in [1.807, 2.05) is 37.3 Å². The number of hydroxylamine groups is 1. The van der Waals surface area contributed by atoms with Crippen molar-refractivity contribution < 1.29 is 16.9 Å². The molecule has 10 heteroatoms. The van der Waals surface area contributed by atoms with Crippen molar-refractivity contribution in [3.63, 3.8) is 0 Å². The molecular formula is C19H19N3O4S3. The molecule has 2 aromatic carbocycles. The molecule has 0 fully saturated rings. The summed E-state index contributed by atoms with van der Waals surface area (Å²) in [6.07, 6.45) is 1.65. The van der Waals surface area contributed by atoms with Crippen LogP contribution in [0.25, 0.3) is 10.1 Å². The first-order valence-corrected chi connectivity index (χ1v) is 12.3. The van der Waals surface area contributed by atoms with E-state index in [4.69, 9.17) is 0 Å². The zero-order valence-electron chi connectivity index (χ0n) is 15.6. The molecule has 0 saturated heterocycles. The van der Waals surface area contributed by atoms with Crippen LogP contribution in [-0.4, -0.2) is 25.0 Å². The topological polar surface area (TPSA) is 88.1 Å². The Morgan fingerprint density at radius 3 is 2.59 bits per heavy atom. The van der Waals surface area contributed by atoms with Gasteiger partial charge in [0.1, 0.15) is 5.00 Å². The Morgan fingerprint density at radius 1 is 1.17 bits per heavy atom. The van der Waals surface area contributed by atoms with Crippen LogP contribution in [0, 0.1) is 0 Å². The van der Waals surface area contributed by atoms with E-state index in [-0.39, 0.29) is 4.90 Å². The lowest BCUT2D eigenvalue weighted by atomic mass is 10.2. The second-order valence-electron chi connectivity index (χ2n) is 6.42. The predicted octanol–water partition coefficient (Wildman–Crippen LogP) is 3.76. The fourth-order valence-corrected chi connectivity index (χ4v) is 6.23. The first-order valence-electron chi connectivity index (χ1n) is 9.04. The van der Waals surface area contributed by atoms with Crippen molar-refractivity contribution in [2.75, 3.05) is 10.8 Å². The van der Waals surface area contributed by atoms with E-state index in [2.05, 4.69) is 14.2 Å². The molecule has 0 aliphatic carbocycles. The highest BCUT2D eigenvalue weighted by molar-refractivity contribution is 7.93. The molecule has 0 radical (unpaired) electrons. The van der Waals surface area contributed by atoms with Crippen molar-refractivity contribution in [2.24, 2.45) is 4.40 Å². The standard InChI is InChI=1S/C19H19N3O4S3/c1-2-3-12-22(18-13-15-6-4-5-7-17(15)27-18)29(24,25)16-10-8-14(9-11-16)19-20-26-28(23)21-19/h4-11,13H,2-3,12H2,1H3,(H,20,21). The summed E-state index contributed by atoms with van der Waals surface area (Å²) >= 11 is -0.300. The Morgan fingerprint density at radius 2 is 1.93 bits per heavy atom. The van der Waals surface area contributed by atoms with E-state index in [1.54, 1.807) is 12.1 Å². The van der Waals surface area contributed by atoms with Crippen molar-refractivity contribution in [3.8, 4) is 0 Å². The third-order valence-corrected chi connectivity index (χ3v) is 8.10. The molecule has 29 heavy (non-hydrogen) atoms. The maximum absolute atomic E-state index is 13.4. The SMILES string of the molecule is CCCCN(c1cc2ccccc2s1)S(=O)(=O)c1ccc(C2=NS(=O)ON2)cc1. The first-order chi connectivity index (χ1) is 14.0. The van der Waals surface area contributed by atoms with Gasteiger partial charge in [-0.2, -0.15) is 4.28 Å². The molecule has 0 amide bonds. The van der Waals surface area contributed by atoms with Gasteiger partial charge in [-0.15, -0.1) is 15.7 Å². The third-order valence-electron chi connectivity index (χ3n) is 4.46. The third kappa shape index (κ3) is 4.06. The summed E-state index contributed by atoms with van der Waals surface area (Å²) in [5, 5.41) is 1.73. The molecule has 4 rings (SSSR count). The Kier molecular flexibility index (Phi) is 5.68. The molecule has 1 unspecified atom stereocenters. The Balaban J connectivity index is 1.69. The smallest absolute Gasteiger partial charge is 0.257 e. The Hall–Kier alpha value is -2.27. The van der Waals surface area contributed by atoms with Crippen molar-refractivity contribution >= 4 is 53.5 Å². The summed E-state index contributed by atoms with van der Waals surface area (Å²) in [5.74, 6) is 0.305. The molecular weight excluding hydrogens is 430 g/mol. The lowest BCUT2D eigenvalue weighted by Gasteiger charge is -2.22. The molecule has 0 spiro atoms. The van der Waals surface area contributed by atoms with Crippen LogP contribution < -0.4 is 9.79 Å². The van der Waals surface area contributed by atoms with Gasteiger partial charge in [-0.25, -0.2) is 18.1 Å². The Bertz CT molecular complexity index is 1150. The summed E-state index contributed by atoms with van der Waals surface area (Å²) in [6.45, 7) is 2.44. The highest BCUT2D eigenvalue weighted by Gasteiger charge is 2.26. The van der Waals surface area contributed by atoms with Gasteiger partial charge in [0.05, 0.1) is 4.90 Å². The molecule has 1 atom stereocenters. The molecule has 3 aromatic rings. The van der Waals surface area contributed by atoms with Crippen LogP contribution in [0.4, 0.5) is 5.00 Å². The molecule has 1 aliphatic heterocycles. The number of anilines is 1. The normalized spacial score (nSPS) is 16.6. The minimum atomic E-state index is -3.73. The number of hydrogen-bond acceptors (Lipinski definition) is 6. The van der Waals surface area contributed by atoms with E-state index < -0.39 is 21.3 Å². The van der Waals surface area contributed by atoms with E-state index in [0.29, 0.717) is 22.9 Å². The second-order valence-corrected chi connectivity index (χ2v) is 10.1. The number of nitrogens with one attached hydrogen (secondary N) is 1. The number of fused-ring (bicyclic) bond motifs is 1. The van der Waals surface area contributed by atoms with E-state index >= 15 is 0 Å². The summed E-state index contributed by atoms with van der Waals surface area (Å²) in [4.78, 5) is 0.190. The molecule has 2 heterocycles. The summed E-state index contributed by atoms with van der Waals surface area (Å²) in [5.41, 5.74) is 3.06. The zero-order valence-corrected chi connectivity index (χ0v) is 18.0. The number of thiophene rings is 1. The fourth-order valence-electron chi connectivity index (χ4n) is 2.95. The van der Waals surface area contributed by atoms with Gasteiger partial charge in [0.15, 0.2) is 5.84 Å². The average Bonchev–Trinajstić information content (AvgIpc) is 3.34. The van der Waals surface area contributed by atoms with Crippen molar-refractivity contribution in [2.45, 2.75) is 24.7 Å². The second kappa shape index (κ2) is 8.23. The average molecular weight is 450 g/mol. The van der Waals surface area contributed by atoms with E-state index in [1.165, 1.54) is 27.8 Å². The van der Waals surface area contributed by atoms with Gasteiger partial charge < -0.3 is 0 Å². The number of hydrogen-bond donors (Lipinski definition) is 1. The fraction of sp³-hybridized carbons (Fsp3) is 0.211. The Labute approximate surface area is 175 Å². The van der Waals surface area contributed by atoms with Crippen LogP contribution in [0.1, 0.15) is 25.3 Å². The molecule has 152 valence electrons. The molecule has 7 nitrogen and oxygen atoms in total.